The molecule has 2 aromatic rings. The van der Waals surface area contributed by atoms with Gasteiger partial charge in [0.2, 0.25) is 0 Å². The van der Waals surface area contributed by atoms with E-state index < -0.39 is 0 Å². The number of halogens is 1. The van der Waals surface area contributed by atoms with Gasteiger partial charge in [0.05, 0.1) is 11.9 Å². The highest BCUT2D eigenvalue weighted by Crippen LogP contribution is 2.21. The highest BCUT2D eigenvalue weighted by atomic mass is 19.1. The van der Waals surface area contributed by atoms with Crippen LogP contribution in [0, 0.1) is 5.82 Å². The summed E-state index contributed by atoms with van der Waals surface area (Å²) < 4.78 is 13.1. The molecule has 1 aromatic carbocycles. The lowest BCUT2D eigenvalue weighted by molar-refractivity contribution is -0.122. The minimum Gasteiger partial charge on any atom is -0.483 e. The van der Waals surface area contributed by atoms with E-state index in [1.165, 1.54) is 12.1 Å². The van der Waals surface area contributed by atoms with Crippen LogP contribution in [0.2, 0.25) is 0 Å². The number of benzene rings is 1. The van der Waals surface area contributed by atoms with Crippen LogP contribution >= 0.6 is 0 Å². The van der Waals surface area contributed by atoms with Crippen LogP contribution in [0.15, 0.2) is 30.5 Å². The van der Waals surface area contributed by atoms with Gasteiger partial charge < -0.3 is 20.2 Å². The van der Waals surface area contributed by atoms with Crippen LogP contribution in [0.25, 0.3) is 11.3 Å². The Kier molecular flexibility index (Phi) is 9.10. The van der Waals surface area contributed by atoms with Gasteiger partial charge in [-0.15, -0.1) is 0 Å². The normalized spacial score (nSPS) is 14.5. The zero-order valence-corrected chi connectivity index (χ0v) is 16.6. The van der Waals surface area contributed by atoms with Gasteiger partial charge in [0.1, 0.15) is 5.82 Å². The first-order chi connectivity index (χ1) is 14.1. The Hall–Kier alpha value is -2.94. The van der Waals surface area contributed by atoms with E-state index >= 15 is 0 Å². The van der Waals surface area contributed by atoms with Crippen molar-refractivity contribution in [2.75, 3.05) is 32.7 Å². The number of aromatic nitrogens is 2. The zero-order chi connectivity index (χ0) is 21.1. The molecule has 0 radical (unpaired) electrons. The van der Waals surface area contributed by atoms with Gasteiger partial charge in [-0.2, -0.15) is 5.10 Å². The number of nitrogens with zero attached hydrogens (tertiary/aromatic N) is 3. The molecule has 158 valence electrons. The number of urea groups is 1. The van der Waals surface area contributed by atoms with Crippen molar-refractivity contribution in [3.63, 3.8) is 0 Å². The second-order valence-corrected chi connectivity index (χ2v) is 6.72. The van der Waals surface area contributed by atoms with E-state index in [4.69, 9.17) is 9.90 Å². The predicted octanol–water partition coefficient (Wildman–Crippen LogP) is 2.54. The minimum atomic E-state index is -0.276. The molecule has 8 nitrogen and oxygen atoms in total. The van der Waals surface area contributed by atoms with Crippen LogP contribution in [0.3, 0.4) is 0 Å². The fourth-order valence-electron chi connectivity index (χ4n) is 3.31. The summed E-state index contributed by atoms with van der Waals surface area (Å²) in [6.07, 6.45) is 3.84. The largest absolute Gasteiger partial charge is 0.483 e. The van der Waals surface area contributed by atoms with Crippen molar-refractivity contribution < 1.29 is 19.1 Å². The van der Waals surface area contributed by atoms with Gasteiger partial charge in [0.25, 0.3) is 6.47 Å². The molecule has 0 unspecified atom stereocenters. The lowest BCUT2D eigenvalue weighted by Crippen LogP contribution is -2.41. The molecule has 9 heteroatoms. The van der Waals surface area contributed by atoms with Crippen LogP contribution in [-0.4, -0.2) is 70.3 Å². The zero-order valence-electron chi connectivity index (χ0n) is 16.6. The second kappa shape index (κ2) is 11.8. The number of carboxylic acid groups (broad SMARTS) is 1. The molecule has 0 spiro atoms. The number of aromatic amines is 1. The average molecular weight is 405 g/mol. The predicted molar refractivity (Wildman–Crippen MR) is 108 cm³/mol. The Morgan fingerprint density at radius 3 is 2.69 bits per heavy atom. The third kappa shape index (κ3) is 6.86. The molecule has 29 heavy (non-hydrogen) atoms. The van der Waals surface area contributed by atoms with E-state index in [0.717, 1.165) is 62.4 Å². The lowest BCUT2D eigenvalue weighted by Gasteiger charge is -2.22. The van der Waals surface area contributed by atoms with E-state index in [-0.39, 0.29) is 18.3 Å². The number of H-pyrrole nitrogens is 1. The fraction of sp³-hybridized carbons (Fsp3) is 0.450. The SMILES string of the molecule is CCCN1CCCN(C(=O)NCc2cn[nH]c2-c2ccc(F)cc2)CC1.O=CO. The first kappa shape index (κ1) is 22.4. The Balaban J connectivity index is 0.000000941. The second-order valence-electron chi connectivity index (χ2n) is 6.72. The summed E-state index contributed by atoms with van der Waals surface area (Å²) in [5.41, 5.74) is 2.53. The average Bonchev–Trinajstić information content (AvgIpc) is 3.05. The van der Waals surface area contributed by atoms with Crippen molar-refractivity contribution >= 4 is 12.5 Å². The number of carbonyl (C=O) groups is 2. The highest BCUT2D eigenvalue weighted by Gasteiger charge is 2.19. The van der Waals surface area contributed by atoms with E-state index in [0.29, 0.717) is 6.54 Å². The summed E-state index contributed by atoms with van der Waals surface area (Å²) in [5.74, 6) is -0.276. The molecular weight excluding hydrogens is 377 g/mol. The van der Waals surface area contributed by atoms with Crippen molar-refractivity contribution in [3.8, 4) is 11.3 Å². The number of hydrogen-bond acceptors (Lipinski definition) is 4. The van der Waals surface area contributed by atoms with Crippen LogP contribution in [0.4, 0.5) is 9.18 Å². The van der Waals surface area contributed by atoms with Gasteiger partial charge in [-0.25, -0.2) is 9.18 Å². The molecule has 0 atom stereocenters. The van der Waals surface area contributed by atoms with Gasteiger partial charge >= 0.3 is 6.03 Å². The first-order valence-electron chi connectivity index (χ1n) is 9.70. The van der Waals surface area contributed by atoms with E-state index in [9.17, 15) is 9.18 Å². The molecule has 3 N–H and O–H groups in total. The monoisotopic (exact) mass is 405 g/mol. The molecule has 0 aliphatic carbocycles. The Morgan fingerprint density at radius 1 is 1.28 bits per heavy atom. The maximum Gasteiger partial charge on any atom is 0.317 e. The van der Waals surface area contributed by atoms with Gasteiger partial charge in [-0.05, 0) is 50.2 Å². The molecule has 1 aliphatic rings. The third-order valence-corrected chi connectivity index (χ3v) is 4.70. The maximum atomic E-state index is 13.1. The lowest BCUT2D eigenvalue weighted by atomic mass is 10.1. The molecule has 3 rings (SSSR count). The number of nitrogens with one attached hydrogen (secondary N) is 2. The van der Waals surface area contributed by atoms with Crippen molar-refractivity contribution in [1.29, 1.82) is 0 Å². The molecular formula is C20H28FN5O3. The quantitative estimate of drug-likeness (QED) is 0.664. The standard InChI is InChI=1S/C19H26FN5O.CH2O2/c1-2-8-24-9-3-10-25(12-11-24)19(26)21-13-16-14-22-23-18(16)15-4-6-17(20)7-5-15;2-1-3/h4-7,14H,2-3,8-13H2,1H3,(H,21,26)(H,22,23);1H,(H,2,3). The Labute approximate surface area is 169 Å². The van der Waals surface area contributed by atoms with Crippen molar-refractivity contribution in [3.05, 3.63) is 41.8 Å². The summed E-state index contributed by atoms with van der Waals surface area (Å²) >= 11 is 0. The van der Waals surface area contributed by atoms with Crippen molar-refractivity contribution in [1.82, 2.24) is 25.3 Å². The summed E-state index contributed by atoms with van der Waals surface area (Å²) in [4.78, 5) is 25.2. The summed E-state index contributed by atoms with van der Waals surface area (Å²) in [6, 6.07) is 6.18. The van der Waals surface area contributed by atoms with Crippen molar-refractivity contribution in [2.45, 2.75) is 26.3 Å². The smallest absolute Gasteiger partial charge is 0.317 e. The van der Waals surface area contributed by atoms with Crippen LogP contribution in [0.5, 0.6) is 0 Å². The summed E-state index contributed by atoms with van der Waals surface area (Å²) in [5, 5.41) is 16.9. The molecule has 1 fully saturated rings. The van der Waals surface area contributed by atoms with E-state index in [2.05, 4.69) is 27.3 Å². The minimum absolute atomic E-state index is 0.0467. The Bertz CT molecular complexity index is 766. The molecule has 1 aliphatic heterocycles. The highest BCUT2D eigenvalue weighted by molar-refractivity contribution is 5.74. The molecule has 2 heterocycles. The first-order valence-corrected chi connectivity index (χ1v) is 9.70. The summed E-state index contributed by atoms with van der Waals surface area (Å²) in [6.45, 7) is 6.91. The van der Waals surface area contributed by atoms with Crippen LogP contribution in [0.1, 0.15) is 25.3 Å². The molecule has 1 aromatic heterocycles. The van der Waals surface area contributed by atoms with Crippen molar-refractivity contribution in [2.24, 2.45) is 0 Å². The van der Waals surface area contributed by atoms with Gasteiger partial charge in [-0.1, -0.05) is 6.92 Å². The van der Waals surface area contributed by atoms with Crippen LogP contribution < -0.4 is 5.32 Å². The maximum absolute atomic E-state index is 13.1. The number of carbonyl (C=O) groups excluding carboxylic acids is 1. The number of rotatable bonds is 5. The van der Waals surface area contributed by atoms with Gasteiger partial charge in [-0.3, -0.25) is 9.89 Å². The van der Waals surface area contributed by atoms with E-state index in [1.807, 2.05) is 4.90 Å². The topological polar surface area (TPSA) is 102 Å². The third-order valence-electron chi connectivity index (χ3n) is 4.70. The molecule has 0 saturated carbocycles. The van der Waals surface area contributed by atoms with E-state index in [1.54, 1.807) is 18.3 Å². The fourth-order valence-corrected chi connectivity index (χ4v) is 3.31. The number of amides is 2. The Morgan fingerprint density at radius 2 is 2.00 bits per heavy atom. The van der Waals surface area contributed by atoms with Crippen LogP contribution in [-0.2, 0) is 11.3 Å². The number of hydrogen-bond donors (Lipinski definition) is 3. The molecule has 1 saturated heterocycles. The van der Waals surface area contributed by atoms with Gasteiger partial charge in [0.15, 0.2) is 0 Å². The van der Waals surface area contributed by atoms with Gasteiger partial charge in [0, 0.05) is 37.3 Å². The molecule has 2 amide bonds. The molecule has 0 bridgehead atoms. The summed E-state index contributed by atoms with van der Waals surface area (Å²) in [7, 11) is 0.